The van der Waals surface area contributed by atoms with Gasteiger partial charge in [-0.05, 0) is 31.4 Å². The van der Waals surface area contributed by atoms with E-state index in [2.05, 4.69) is 5.10 Å². The predicted molar refractivity (Wildman–Crippen MR) is 77.5 cm³/mol. The standard InChI is InChI=1S/C16H13N3O4/c20-14-12-6-1-2-7-13(12)15(21)19(14)23-16(22)10-8-17-18(9-10)11-4-3-5-11/h1-2,6-9,11H,3-5H2. The van der Waals surface area contributed by atoms with Crippen molar-refractivity contribution >= 4 is 17.8 Å². The van der Waals surface area contributed by atoms with Crippen LogP contribution < -0.4 is 0 Å². The Morgan fingerprint density at radius 3 is 2.35 bits per heavy atom. The van der Waals surface area contributed by atoms with E-state index in [1.54, 1.807) is 23.0 Å². The molecule has 2 aliphatic rings. The number of amides is 2. The highest BCUT2D eigenvalue weighted by Crippen LogP contribution is 2.31. The number of carbonyl (C=O) groups is 3. The first kappa shape index (κ1) is 13.7. The number of nitrogens with zero attached hydrogens (tertiary/aromatic N) is 3. The molecular weight excluding hydrogens is 298 g/mol. The first-order valence-corrected chi connectivity index (χ1v) is 7.39. The van der Waals surface area contributed by atoms with Crippen LogP contribution in [0.2, 0.25) is 0 Å². The van der Waals surface area contributed by atoms with Gasteiger partial charge in [0.1, 0.15) is 0 Å². The highest BCUT2D eigenvalue weighted by molar-refractivity contribution is 6.21. The van der Waals surface area contributed by atoms with Crippen molar-refractivity contribution in [1.82, 2.24) is 14.8 Å². The van der Waals surface area contributed by atoms with Crippen molar-refractivity contribution < 1.29 is 19.2 Å². The van der Waals surface area contributed by atoms with Crippen molar-refractivity contribution in [2.75, 3.05) is 0 Å². The van der Waals surface area contributed by atoms with Gasteiger partial charge in [0, 0.05) is 6.20 Å². The maximum atomic E-state index is 12.2. The molecule has 2 amide bonds. The number of fused-ring (bicyclic) bond motifs is 1. The number of hydroxylamine groups is 2. The summed E-state index contributed by atoms with van der Waals surface area (Å²) in [7, 11) is 0. The second kappa shape index (κ2) is 5.05. The summed E-state index contributed by atoms with van der Waals surface area (Å²) >= 11 is 0. The molecule has 2 heterocycles. The number of imide groups is 1. The van der Waals surface area contributed by atoms with E-state index in [9.17, 15) is 14.4 Å². The third kappa shape index (κ3) is 2.12. The van der Waals surface area contributed by atoms with E-state index >= 15 is 0 Å². The van der Waals surface area contributed by atoms with Crippen LogP contribution in [0.25, 0.3) is 0 Å². The third-order valence-corrected chi connectivity index (χ3v) is 4.22. The molecule has 0 unspecified atom stereocenters. The van der Waals surface area contributed by atoms with E-state index < -0.39 is 17.8 Å². The summed E-state index contributed by atoms with van der Waals surface area (Å²) in [6, 6.07) is 6.67. The summed E-state index contributed by atoms with van der Waals surface area (Å²) in [6.07, 6.45) is 6.20. The second-order valence-electron chi connectivity index (χ2n) is 5.62. The van der Waals surface area contributed by atoms with Crippen LogP contribution in [-0.4, -0.2) is 32.6 Å². The van der Waals surface area contributed by atoms with E-state index in [0.717, 1.165) is 19.3 Å². The fraction of sp³-hybridized carbons (Fsp3) is 0.250. The molecule has 0 bridgehead atoms. The minimum Gasteiger partial charge on any atom is -0.324 e. The second-order valence-corrected chi connectivity index (χ2v) is 5.62. The Labute approximate surface area is 131 Å². The van der Waals surface area contributed by atoms with Crippen LogP contribution >= 0.6 is 0 Å². The molecule has 1 fully saturated rings. The maximum Gasteiger partial charge on any atom is 0.367 e. The van der Waals surface area contributed by atoms with E-state index in [-0.39, 0.29) is 16.7 Å². The molecule has 0 atom stereocenters. The molecular formula is C16H13N3O4. The average Bonchev–Trinajstić information content (AvgIpc) is 3.06. The van der Waals surface area contributed by atoms with Gasteiger partial charge in [0.15, 0.2) is 0 Å². The lowest BCUT2D eigenvalue weighted by atomic mass is 9.93. The lowest BCUT2D eigenvalue weighted by molar-refractivity contribution is -0.0584. The molecule has 7 heteroatoms. The summed E-state index contributed by atoms with van der Waals surface area (Å²) in [5.41, 5.74) is 0.680. The van der Waals surface area contributed by atoms with Crippen molar-refractivity contribution in [3.05, 3.63) is 53.3 Å². The van der Waals surface area contributed by atoms with E-state index in [4.69, 9.17) is 4.84 Å². The summed E-state index contributed by atoms with van der Waals surface area (Å²) in [6.45, 7) is 0. The largest absolute Gasteiger partial charge is 0.367 e. The zero-order chi connectivity index (χ0) is 16.0. The number of hydrogen-bond donors (Lipinski definition) is 0. The molecule has 7 nitrogen and oxygen atoms in total. The number of hydrogen-bond acceptors (Lipinski definition) is 5. The Balaban J connectivity index is 1.52. The summed E-state index contributed by atoms with van der Waals surface area (Å²) in [4.78, 5) is 41.5. The van der Waals surface area contributed by atoms with Crippen LogP contribution in [0.15, 0.2) is 36.7 Å². The molecule has 1 saturated carbocycles. The number of carbonyl (C=O) groups excluding carboxylic acids is 3. The number of benzene rings is 1. The van der Waals surface area contributed by atoms with Crippen molar-refractivity contribution in [1.29, 1.82) is 0 Å². The minimum atomic E-state index is -0.773. The van der Waals surface area contributed by atoms with E-state index in [1.165, 1.54) is 18.3 Å². The molecule has 1 aliphatic carbocycles. The van der Waals surface area contributed by atoms with Crippen LogP contribution in [0, 0.1) is 0 Å². The van der Waals surface area contributed by atoms with Crippen molar-refractivity contribution in [3.63, 3.8) is 0 Å². The minimum absolute atomic E-state index is 0.216. The Kier molecular flexibility index (Phi) is 3.00. The van der Waals surface area contributed by atoms with Gasteiger partial charge in [-0.2, -0.15) is 5.10 Å². The van der Waals surface area contributed by atoms with Gasteiger partial charge in [-0.25, -0.2) is 4.79 Å². The Bertz CT molecular complexity index is 787. The summed E-state index contributed by atoms with van der Waals surface area (Å²) < 4.78 is 1.72. The highest BCUT2D eigenvalue weighted by Gasteiger charge is 2.39. The van der Waals surface area contributed by atoms with Gasteiger partial charge in [-0.3, -0.25) is 14.3 Å². The predicted octanol–water partition coefficient (Wildman–Crippen LogP) is 1.98. The maximum absolute atomic E-state index is 12.2. The molecule has 0 N–H and O–H groups in total. The van der Waals surface area contributed by atoms with E-state index in [0.29, 0.717) is 11.1 Å². The van der Waals surface area contributed by atoms with Gasteiger partial charge in [0.05, 0.1) is 28.9 Å². The average molecular weight is 311 g/mol. The SMILES string of the molecule is O=C(ON1C(=O)c2ccccc2C1=O)c1cnn(C2CCC2)c1. The van der Waals surface area contributed by atoms with Gasteiger partial charge in [-0.1, -0.05) is 17.2 Å². The molecule has 1 aromatic carbocycles. The molecule has 0 saturated heterocycles. The lowest BCUT2D eigenvalue weighted by Crippen LogP contribution is -2.32. The number of aromatic nitrogens is 2. The van der Waals surface area contributed by atoms with Crippen LogP contribution in [-0.2, 0) is 4.84 Å². The smallest absolute Gasteiger partial charge is 0.324 e. The van der Waals surface area contributed by atoms with Gasteiger partial charge >= 0.3 is 5.97 Å². The van der Waals surface area contributed by atoms with Crippen LogP contribution in [0.3, 0.4) is 0 Å². The molecule has 4 rings (SSSR count). The van der Waals surface area contributed by atoms with Crippen molar-refractivity contribution in [3.8, 4) is 0 Å². The first-order valence-electron chi connectivity index (χ1n) is 7.39. The summed E-state index contributed by atoms with van der Waals surface area (Å²) in [5, 5.41) is 4.65. The molecule has 1 aromatic heterocycles. The molecule has 116 valence electrons. The molecule has 1 aliphatic heterocycles. The Morgan fingerprint density at radius 1 is 1.13 bits per heavy atom. The van der Waals surface area contributed by atoms with Gasteiger partial charge < -0.3 is 4.84 Å². The lowest BCUT2D eigenvalue weighted by Gasteiger charge is -2.25. The topological polar surface area (TPSA) is 81.5 Å². The van der Waals surface area contributed by atoms with Gasteiger partial charge in [-0.15, -0.1) is 0 Å². The van der Waals surface area contributed by atoms with Gasteiger partial charge in [0.25, 0.3) is 11.8 Å². The molecule has 2 aromatic rings. The summed E-state index contributed by atoms with van der Waals surface area (Å²) in [5.74, 6) is -2.04. The molecule has 0 spiro atoms. The van der Waals surface area contributed by atoms with Crippen LogP contribution in [0.1, 0.15) is 56.4 Å². The van der Waals surface area contributed by atoms with Gasteiger partial charge in [0.2, 0.25) is 0 Å². The zero-order valence-corrected chi connectivity index (χ0v) is 12.1. The monoisotopic (exact) mass is 311 g/mol. The fourth-order valence-corrected chi connectivity index (χ4v) is 2.68. The Hall–Kier alpha value is -2.96. The molecule has 0 radical (unpaired) electrons. The third-order valence-electron chi connectivity index (χ3n) is 4.22. The van der Waals surface area contributed by atoms with E-state index in [1.807, 2.05) is 0 Å². The van der Waals surface area contributed by atoms with Crippen LogP contribution in [0.5, 0.6) is 0 Å². The molecule has 23 heavy (non-hydrogen) atoms. The van der Waals surface area contributed by atoms with Crippen molar-refractivity contribution in [2.45, 2.75) is 25.3 Å². The van der Waals surface area contributed by atoms with Crippen molar-refractivity contribution in [2.24, 2.45) is 0 Å². The quantitative estimate of drug-likeness (QED) is 0.810. The fourth-order valence-electron chi connectivity index (χ4n) is 2.68. The first-order chi connectivity index (χ1) is 11.1. The highest BCUT2D eigenvalue weighted by atomic mass is 16.7. The number of rotatable bonds is 3. The van der Waals surface area contributed by atoms with Crippen LogP contribution in [0.4, 0.5) is 0 Å². The zero-order valence-electron chi connectivity index (χ0n) is 12.1. The normalized spacial score (nSPS) is 17.1. The Morgan fingerprint density at radius 2 is 1.78 bits per heavy atom.